The van der Waals surface area contributed by atoms with Crippen LogP contribution in [0.4, 0.5) is 0 Å². The number of rotatable bonds is 4. The molecule has 1 aromatic rings. The zero-order valence-corrected chi connectivity index (χ0v) is 9.91. The number of nitrogens with one attached hydrogen (secondary N) is 1. The third kappa shape index (κ3) is 3.51. The lowest BCUT2D eigenvalue weighted by molar-refractivity contribution is 0.597. The summed E-state index contributed by atoms with van der Waals surface area (Å²) in [5.74, 6) is 2.71. The van der Waals surface area contributed by atoms with E-state index in [1.807, 2.05) is 0 Å². The molecule has 0 aliphatic carbocycles. The Morgan fingerprint density at radius 1 is 1.77 bits per heavy atom. The van der Waals surface area contributed by atoms with Crippen molar-refractivity contribution in [1.82, 2.24) is 5.32 Å². The average Bonchev–Trinajstić information content (AvgIpc) is 2.53. The van der Waals surface area contributed by atoms with E-state index in [-0.39, 0.29) is 6.04 Å². The lowest BCUT2D eigenvalue weighted by atomic mass is 10.2. The highest BCUT2D eigenvalue weighted by molar-refractivity contribution is 9.10. The van der Waals surface area contributed by atoms with E-state index in [1.54, 1.807) is 11.3 Å². The fourth-order valence-corrected chi connectivity index (χ4v) is 2.39. The van der Waals surface area contributed by atoms with Crippen molar-refractivity contribution in [1.29, 1.82) is 0 Å². The van der Waals surface area contributed by atoms with Crippen LogP contribution in [-0.2, 0) is 6.54 Å². The predicted molar refractivity (Wildman–Crippen MR) is 61.8 cm³/mol. The summed E-state index contributed by atoms with van der Waals surface area (Å²) in [5.41, 5.74) is 0. The zero-order valence-electron chi connectivity index (χ0n) is 7.51. The predicted octanol–water partition coefficient (Wildman–Crippen LogP) is 3.01. The number of hydrogen-bond acceptors (Lipinski definition) is 2. The summed E-state index contributed by atoms with van der Waals surface area (Å²) in [6.07, 6.45) is 6.31. The van der Waals surface area contributed by atoms with Crippen molar-refractivity contribution < 1.29 is 0 Å². The van der Waals surface area contributed by atoms with Gasteiger partial charge in [-0.2, -0.15) is 0 Å². The zero-order chi connectivity index (χ0) is 9.68. The smallest absolute Gasteiger partial charge is 0.0687 e. The van der Waals surface area contributed by atoms with Crippen LogP contribution in [0.25, 0.3) is 0 Å². The molecule has 1 N–H and O–H groups in total. The highest BCUT2D eigenvalue weighted by Gasteiger charge is 2.02. The molecular weight excluding hydrogens is 246 g/mol. The van der Waals surface area contributed by atoms with E-state index in [2.05, 4.69) is 45.5 Å². The number of hydrogen-bond donors (Lipinski definition) is 1. The van der Waals surface area contributed by atoms with Gasteiger partial charge in [0, 0.05) is 21.3 Å². The van der Waals surface area contributed by atoms with Crippen LogP contribution >= 0.6 is 27.3 Å². The topological polar surface area (TPSA) is 12.0 Å². The molecule has 1 rings (SSSR count). The number of halogens is 1. The molecule has 0 aliphatic rings. The summed E-state index contributed by atoms with van der Waals surface area (Å²) in [6, 6.07) is 2.31. The van der Waals surface area contributed by atoms with Gasteiger partial charge in [-0.3, -0.25) is 5.32 Å². The molecule has 0 saturated heterocycles. The summed E-state index contributed by atoms with van der Waals surface area (Å²) in [4.78, 5) is 1.31. The monoisotopic (exact) mass is 257 g/mol. The first-order valence-corrected chi connectivity index (χ1v) is 5.86. The van der Waals surface area contributed by atoms with E-state index in [0.717, 1.165) is 17.4 Å². The van der Waals surface area contributed by atoms with Crippen molar-refractivity contribution in [3.8, 4) is 12.3 Å². The van der Waals surface area contributed by atoms with Crippen molar-refractivity contribution >= 4 is 27.3 Å². The van der Waals surface area contributed by atoms with Gasteiger partial charge in [-0.1, -0.05) is 12.8 Å². The molecule has 70 valence electrons. The Bertz CT molecular complexity index is 300. The fraction of sp³-hybridized carbons (Fsp3) is 0.400. The van der Waals surface area contributed by atoms with E-state index in [1.165, 1.54) is 4.88 Å². The van der Waals surface area contributed by atoms with Crippen LogP contribution in [0.5, 0.6) is 0 Å². The summed E-state index contributed by atoms with van der Waals surface area (Å²) in [5, 5.41) is 5.38. The summed E-state index contributed by atoms with van der Waals surface area (Å²) >= 11 is 5.15. The molecule has 1 atom stereocenters. The lowest BCUT2D eigenvalue weighted by Gasteiger charge is -2.08. The Hall–Kier alpha value is -0.300. The van der Waals surface area contributed by atoms with E-state index in [9.17, 15) is 0 Å². The molecule has 1 aromatic heterocycles. The Labute approximate surface area is 91.7 Å². The van der Waals surface area contributed by atoms with Gasteiger partial charge in [0.15, 0.2) is 0 Å². The number of thiophene rings is 1. The van der Waals surface area contributed by atoms with E-state index >= 15 is 0 Å². The summed E-state index contributed by atoms with van der Waals surface area (Å²) in [6.45, 7) is 2.95. The van der Waals surface area contributed by atoms with Gasteiger partial charge in [-0.05, 0) is 28.4 Å². The van der Waals surface area contributed by atoms with Gasteiger partial charge in [0.1, 0.15) is 0 Å². The van der Waals surface area contributed by atoms with Gasteiger partial charge in [0.2, 0.25) is 0 Å². The highest BCUT2D eigenvalue weighted by Crippen LogP contribution is 2.19. The van der Waals surface area contributed by atoms with Crippen molar-refractivity contribution in [2.24, 2.45) is 0 Å². The van der Waals surface area contributed by atoms with E-state index in [0.29, 0.717) is 0 Å². The standard InChI is InChI=1S/C10H12BrNS/c1-3-9(4-2)12-6-10-5-8(11)7-13-10/h1,5,7,9,12H,4,6H2,2H3. The molecule has 0 aromatic carbocycles. The second kappa shape index (κ2) is 5.43. The van der Waals surface area contributed by atoms with Gasteiger partial charge < -0.3 is 0 Å². The van der Waals surface area contributed by atoms with E-state index in [4.69, 9.17) is 6.42 Å². The molecule has 0 bridgehead atoms. The van der Waals surface area contributed by atoms with Gasteiger partial charge in [-0.15, -0.1) is 17.8 Å². The minimum Gasteiger partial charge on any atom is -0.299 e. The van der Waals surface area contributed by atoms with Crippen molar-refractivity contribution in [3.05, 3.63) is 20.8 Å². The van der Waals surface area contributed by atoms with Crippen LogP contribution < -0.4 is 5.32 Å². The molecule has 1 heterocycles. The largest absolute Gasteiger partial charge is 0.299 e. The minimum atomic E-state index is 0.195. The SMILES string of the molecule is C#CC(CC)NCc1cc(Br)cs1. The fourth-order valence-electron chi connectivity index (χ4n) is 0.991. The van der Waals surface area contributed by atoms with Gasteiger partial charge >= 0.3 is 0 Å². The van der Waals surface area contributed by atoms with Crippen LogP contribution in [0, 0.1) is 12.3 Å². The number of terminal acetylenes is 1. The molecule has 0 fully saturated rings. The maximum atomic E-state index is 5.33. The first kappa shape index (κ1) is 10.8. The van der Waals surface area contributed by atoms with Crippen LogP contribution in [0.2, 0.25) is 0 Å². The molecule has 0 amide bonds. The third-order valence-corrected chi connectivity index (χ3v) is 3.45. The molecule has 13 heavy (non-hydrogen) atoms. The van der Waals surface area contributed by atoms with Crippen molar-refractivity contribution in [2.45, 2.75) is 25.9 Å². The van der Waals surface area contributed by atoms with Gasteiger partial charge in [0.05, 0.1) is 6.04 Å². The van der Waals surface area contributed by atoms with Gasteiger partial charge in [-0.25, -0.2) is 0 Å². The summed E-state index contributed by atoms with van der Waals surface area (Å²) < 4.78 is 1.14. The normalized spacial score (nSPS) is 12.4. The second-order valence-electron chi connectivity index (χ2n) is 2.74. The molecule has 0 saturated carbocycles. The van der Waals surface area contributed by atoms with Crippen molar-refractivity contribution in [3.63, 3.8) is 0 Å². The first-order valence-electron chi connectivity index (χ1n) is 4.18. The second-order valence-corrected chi connectivity index (χ2v) is 4.65. The van der Waals surface area contributed by atoms with Crippen LogP contribution in [-0.4, -0.2) is 6.04 Å². The van der Waals surface area contributed by atoms with Crippen LogP contribution in [0.15, 0.2) is 15.9 Å². The Morgan fingerprint density at radius 2 is 2.54 bits per heavy atom. The molecule has 0 aliphatic heterocycles. The molecule has 0 radical (unpaired) electrons. The van der Waals surface area contributed by atoms with Crippen molar-refractivity contribution in [2.75, 3.05) is 0 Å². The first-order chi connectivity index (χ1) is 6.26. The van der Waals surface area contributed by atoms with Gasteiger partial charge in [0.25, 0.3) is 0 Å². The molecular formula is C10H12BrNS. The third-order valence-electron chi connectivity index (χ3n) is 1.75. The summed E-state index contributed by atoms with van der Waals surface area (Å²) in [7, 11) is 0. The maximum absolute atomic E-state index is 5.33. The average molecular weight is 258 g/mol. The quantitative estimate of drug-likeness (QED) is 0.818. The van der Waals surface area contributed by atoms with Crippen LogP contribution in [0.3, 0.4) is 0 Å². The maximum Gasteiger partial charge on any atom is 0.0687 e. The Morgan fingerprint density at radius 3 is 3.00 bits per heavy atom. The van der Waals surface area contributed by atoms with E-state index < -0.39 is 0 Å². The minimum absolute atomic E-state index is 0.195. The molecule has 0 spiro atoms. The molecule has 1 nitrogen and oxygen atoms in total. The lowest BCUT2D eigenvalue weighted by Crippen LogP contribution is -2.25. The Kier molecular flexibility index (Phi) is 4.51. The van der Waals surface area contributed by atoms with Crippen LogP contribution in [0.1, 0.15) is 18.2 Å². The Balaban J connectivity index is 2.39. The highest BCUT2D eigenvalue weighted by atomic mass is 79.9. The molecule has 1 unspecified atom stereocenters. The molecule has 3 heteroatoms.